The van der Waals surface area contributed by atoms with Crippen molar-refractivity contribution in [3.8, 4) is 0 Å². The molecular formula is C4H4ClNO2S. The van der Waals surface area contributed by atoms with Gasteiger partial charge in [0.15, 0.2) is 9.84 Å². The Morgan fingerprint density at radius 1 is 1.44 bits per heavy atom. The Kier molecular flexibility index (Phi) is 1.29. The summed E-state index contributed by atoms with van der Waals surface area (Å²) in [5.74, 6) is 0. The van der Waals surface area contributed by atoms with Crippen LogP contribution in [0.4, 0.5) is 0 Å². The molecule has 0 aromatic heterocycles. The zero-order valence-corrected chi connectivity index (χ0v) is 5.91. The molecule has 0 saturated heterocycles. The molecule has 0 aromatic carbocycles. The fourth-order valence-corrected chi connectivity index (χ4v) is 1.94. The van der Waals surface area contributed by atoms with Gasteiger partial charge in [0.05, 0.1) is 21.5 Å². The third-order valence-corrected chi connectivity index (χ3v) is 2.44. The van der Waals surface area contributed by atoms with E-state index < -0.39 is 9.84 Å². The number of sulfone groups is 1. The van der Waals surface area contributed by atoms with E-state index in [1.54, 1.807) is 0 Å². The van der Waals surface area contributed by atoms with Crippen molar-refractivity contribution >= 4 is 21.4 Å². The van der Waals surface area contributed by atoms with Crippen molar-refractivity contribution in [1.82, 2.24) is 0 Å². The summed E-state index contributed by atoms with van der Waals surface area (Å²) in [6.07, 6.45) is 0. The largest absolute Gasteiger partial charge is 0.397 e. The maximum Gasteiger partial charge on any atom is 0.196 e. The first kappa shape index (κ1) is 6.64. The predicted molar refractivity (Wildman–Crippen MR) is 35.1 cm³/mol. The molecule has 0 saturated carbocycles. The van der Waals surface area contributed by atoms with Crippen molar-refractivity contribution in [2.24, 2.45) is 5.73 Å². The molecule has 0 aromatic rings. The van der Waals surface area contributed by atoms with Gasteiger partial charge in [0, 0.05) is 0 Å². The Morgan fingerprint density at radius 2 is 2.00 bits per heavy atom. The van der Waals surface area contributed by atoms with Crippen LogP contribution in [-0.4, -0.2) is 8.42 Å². The quantitative estimate of drug-likeness (QED) is 0.562. The van der Waals surface area contributed by atoms with Gasteiger partial charge in [0.2, 0.25) is 0 Å². The zero-order valence-electron chi connectivity index (χ0n) is 4.33. The summed E-state index contributed by atoms with van der Waals surface area (Å²) in [7, 11) is -3.23. The Bertz CT molecular complexity index is 264. The molecule has 1 rings (SSSR count). The number of hydrogen-bond acceptors (Lipinski definition) is 3. The number of rotatable bonds is 0. The molecule has 9 heavy (non-hydrogen) atoms. The molecule has 1 aliphatic heterocycles. The molecule has 0 aliphatic carbocycles. The highest BCUT2D eigenvalue weighted by molar-refractivity contribution is 7.97. The lowest BCUT2D eigenvalue weighted by Gasteiger charge is -1.83. The van der Waals surface area contributed by atoms with Crippen LogP contribution in [0.5, 0.6) is 0 Å². The molecule has 5 heteroatoms. The van der Waals surface area contributed by atoms with Crippen LogP contribution in [-0.2, 0) is 9.84 Å². The molecular weight excluding hydrogens is 162 g/mol. The Hall–Kier alpha value is -0.480. The van der Waals surface area contributed by atoms with Crippen molar-refractivity contribution in [1.29, 1.82) is 0 Å². The van der Waals surface area contributed by atoms with E-state index in [0.717, 1.165) is 10.8 Å². The molecule has 0 fully saturated rings. The van der Waals surface area contributed by atoms with Crippen LogP contribution >= 0.6 is 11.6 Å². The second-order valence-corrected chi connectivity index (χ2v) is 3.68. The van der Waals surface area contributed by atoms with Crippen LogP contribution in [0, 0.1) is 0 Å². The van der Waals surface area contributed by atoms with Gasteiger partial charge in [-0.2, -0.15) is 0 Å². The molecule has 2 N–H and O–H groups in total. The van der Waals surface area contributed by atoms with Gasteiger partial charge in [-0.25, -0.2) is 8.42 Å². The summed E-state index contributed by atoms with van der Waals surface area (Å²) in [6.45, 7) is 0. The lowest BCUT2D eigenvalue weighted by molar-refractivity contribution is 0.613. The van der Waals surface area contributed by atoms with Crippen molar-refractivity contribution in [3.05, 3.63) is 21.5 Å². The van der Waals surface area contributed by atoms with Gasteiger partial charge >= 0.3 is 0 Å². The maximum atomic E-state index is 10.5. The minimum atomic E-state index is -3.23. The first-order chi connectivity index (χ1) is 4.01. The third kappa shape index (κ3) is 1.25. The number of nitrogens with two attached hydrogens (primary N) is 1. The average Bonchev–Trinajstić information content (AvgIpc) is 1.79. The summed E-state index contributed by atoms with van der Waals surface area (Å²) in [5.41, 5.74) is 5.24. The molecule has 0 amide bonds. The van der Waals surface area contributed by atoms with E-state index in [0.29, 0.717) is 0 Å². The molecule has 3 nitrogen and oxygen atoms in total. The minimum absolute atomic E-state index is 0.0926. The van der Waals surface area contributed by atoms with Crippen LogP contribution < -0.4 is 5.73 Å². The van der Waals surface area contributed by atoms with Gasteiger partial charge in [-0.3, -0.25) is 0 Å². The lowest BCUT2D eigenvalue weighted by atomic mass is 10.5. The normalized spacial score (nSPS) is 23.2. The average molecular weight is 166 g/mol. The van der Waals surface area contributed by atoms with E-state index >= 15 is 0 Å². The smallest absolute Gasteiger partial charge is 0.196 e. The first-order valence-corrected chi connectivity index (χ1v) is 4.10. The second-order valence-electron chi connectivity index (χ2n) is 1.63. The number of allylic oxidation sites excluding steroid dienone is 1. The van der Waals surface area contributed by atoms with Gasteiger partial charge in [-0.1, -0.05) is 11.6 Å². The fourth-order valence-electron chi connectivity index (χ4n) is 0.480. The van der Waals surface area contributed by atoms with E-state index in [1.807, 2.05) is 0 Å². The van der Waals surface area contributed by atoms with Crippen molar-refractivity contribution in [2.45, 2.75) is 0 Å². The second kappa shape index (κ2) is 1.75. The van der Waals surface area contributed by atoms with Crippen LogP contribution in [0.2, 0.25) is 0 Å². The molecule has 0 bridgehead atoms. The van der Waals surface area contributed by atoms with Crippen molar-refractivity contribution in [3.63, 3.8) is 0 Å². The van der Waals surface area contributed by atoms with E-state index in [1.165, 1.54) is 0 Å². The molecule has 1 heterocycles. The van der Waals surface area contributed by atoms with Gasteiger partial charge in [-0.05, 0) is 0 Å². The number of hydrogen-bond donors (Lipinski definition) is 1. The molecule has 0 spiro atoms. The lowest BCUT2D eigenvalue weighted by Crippen LogP contribution is -1.92. The van der Waals surface area contributed by atoms with Crippen molar-refractivity contribution in [2.75, 3.05) is 0 Å². The zero-order chi connectivity index (χ0) is 7.07. The van der Waals surface area contributed by atoms with E-state index in [2.05, 4.69) is 0 Å². The number of halogens is 1. The Labute approximate surface area is 57.7 Å². The highest BCUT2D eigenvalue weighted by Crippen LogP contribution is 2.20. The summed E-state index contributed by atoms with van der Waals surface area (Å²) in [5, 5.41) is 1.94. The SMILES string of the molecule is NC1=CS(=O)(=O)C=C1Cl. The van der Waals surface area contributed by atoms with Gasteiger partial charge in [0.1, 0.15) is 0 Å². The topological polar surface area (TPSA) is 60.2 Å². The van der Waals surface area contributed by atoms with Gasteiger partial charge in [0.25, 0.3) is 0 Å². The maximum absolute atomic E-state index is 10.5. The minimum Gasteiger partial charge on any atom is -0.397 e. The monoisotopic (exact) mass is 165 g/mol. The standard InChI is InChI=1S/C4H4ClNO2S/c5-3-1-9(7,8)2-4(3)6/h1-2H,6H2. The summed E-state index contributed by atoms with van der Waals surface area (Å²) < 4.78 is 21.1. The molecule has 1 aliphatic rings. The molecule has 0 radical (unpaired) electrons. The predicted octanol–water partition coefficient (Wildman–Crippen LogP) is 0.295. The van der Waals surface area contributed by atoms with Gasteiger partial charge in [-0.15, -0.1) is 0 Å². The molecule has 50 valence electrons. The Morgan fingerprint density at radius 3 is 2.11 bits per heavy atom. The summed E-state index contributed by atoms with van der Waals surface area (Å²) in [4.78, 5) is 0. The fraction of sp³-hybridized carbons (Fsp3) is 0. The Balaban J connectivity index is 3.27. The van der Waals surface area contributed by atoms with E-state index in [9.17, 15) is 8.42 Å². The first-order valence-electron chi connectivity index (χ1n) is 2.11. The highest BCUT2D eigenvalue weighted by Gasteiger charge is 2.15. The van der Waals surface area contributed by atoms with E-state index in [-0.39, 0.29) is 10.7 Å². The molecule has 0 atom stereocenters. The van der Waals surface area contributed by atoms with Crippen LogP contribution in [0.1, 0.15) is 0 Å². The van der Waals surface area contributed by atoms with E-state index in [4.69, 9.17) is 17.3 Å². The van der Waals surface area contributed by atoms with Crippen molar-refractivity contribution < 1.29 is 8.42 Å². The summed E-state index contributed by atoms with van der Waals surface area (Å²) >= 11 is 5.34. The third-order valence-electron chi connectivity index (χ3n) is 0.835. The highest BCUT2D eigenvalue weighted by atomic mass is 35.5. The van der Waals surface area contributed by atoms with Crippen LogP contribution in [0.25, 0.3) is 0 Å². The van der Waals surface area contributed by atoms with Gasteiger partial charge < -0.3 is 5.73 Å². The molecule has 0 unspecified atom stereocenters. The van der Waals surface area contributed by atoms with Crippen LogP contribution in [0.3, 0.4) is 0 Å². The van der Waals surface area contributed by atoms with Crippen LogP contribution in [0.15, 0.2) is 21.5 Å². The summed E-state index contributed by atoms with van der Waals surface area (Å²) in [6, 6.07) is 0.